The second-order valence-corrected chi connectivity index (χ2v) is 15.8. The van der Waals surface area contributed by atoms with E-state index >= 15 is 0 Å². The summed E-state index contributed by atoms with van der Waals surface area (Å²) in [5.74, 6) is 3.15. The molecule has 4 unspecified atom stereocenters. The van der Waals surface area contributed by atoms with Crippen LogP contribution in [0.15, 0.2) is 97.1 Å². The minimum absolute atomic E-state index is 0.104. The zero-order chi connectivity index (χ0) is 36.4. The molecule has 6 rings (SSSR count). The lowest BCUT2D eigenvalue weighted by Crippen LogP contribution is -2.37. The highest BCUT2D eigenvalue weighted by molar-refractivity contribution is 5.43. The normalized spacial score (nSPS) is 19.1. The second kappa shape index (κ2) is 14.5. The average Bonchev–Trinajstić information content (AvgIpc) is 4.04. The minimum atomic E-state index is -0.700. The van der Waals surface area contributed by atoms with Crippen molar-refractivity contribution in [3.8, 4) is 23.0 Å². The van der Waals surface area contributed by atoms with Gasteiger partial charge in [0.15, 0.2) is 0 Å². The van der Waals surface area contributed by atoms with Gasteiger partial charge in [-0.25, -0.2) is 0 Å². The molecule has 7 nitrogen and oxygen atoms in total. The maximum atomic E-state index is 10.9. The van der Waals surface area contributed by atoms with E-state index in [4.69, 9.17) is 28.4 Å². The molecule has 272 valence electrons. The van der Waals surface area contributed by atoms with Crippen molar-refractivity contribution in [2.24, 2.45) is 0 Å². The van der Waals surface area contributed by atoms with Gasteiger partial charge in [-0.15, -0.1) is 0 Å². The van der Waals surface area contributed by atoms with Gasteiger partial charge in [0.25, 0.3) is 0 Å². The number of benzene rings is 4. The van der Waals surface area contributed by atoms with Crippen LogP contribution in [0.4, 0.5) is 0 Å². The van der Waals surface area contributed by atoms with E-state index in [1.807, 2.05) is 50.2 Å². The summed E-state index contributed by atoms with van der Waals surface area (Å²) in [6.45, 7) is 18.7. The Morgan fingerprint density at radius 1 is 0.608 bits per heavy atom. The predicted octanol–water partition coefficient (Wildman–Crippen LogP) is 9.01. The lowest BCUT2D eigenvalue weighted by Gasteiger charge is -2.30. The quantitative estimate of drug-likeness (QED) is 0.111. The molecule has 4 aromatic carbocycles. The van der Waals surface area contributed by atoms with Crippen molar-refractivity contribution in [3.05, 3.63) is 119 Å². The number of epoxide rings is 2. The van der Waals surface area contributed by atoms with Crippen LogP contribution in [0.2, 0.25) is 0 Å². The van der Waals surface area contributed by atoms with Gasteiger partial charge < -0.3 is 33.5 Å². The van der Waals surface area contributed by atoms with Crippen molar-refractivity contribution in [2.75, 3.05) is 19.8 Å². The van der Waals surface area contributed by atoms with E-state index in [1.54, 1.807) is 0 Å². The van der Waals surface area contributed by atoms with Gasteiger partial charge in [0.2, 0.25) is 6.29 Å². The first kappa shape index (κ1) is 36.7. The van der Waals surface area contributed by atoms with Gasteiger partial charge in [-0.1, -0.05) is 83.1 Å². The lowest BCUT2D eigenvalue weighted by molar-refractivity contribution is 0.0175. The Balaban J connectivity index is 0.982. The van der Waals surface area contributed by atoms with Crippen LogP contribution in [0, 0.1) is 0 Å². The van der Waals surface area contributed by atoms with Gasteiger partial charge in [0.05, 0.1) is 12.7 Å². The van der Waals surface area contributed by atoms with E-state index < -0.39 is 11.7 Å². The van der Waals surface area contributed by atoms with Gasteiger partial charge in [0.1, 0.15) is 53.5 Å². The van der Waals surface area contributed by atoms with Crippen molar-refractivity contribution in [3.63, 3.8) is 0 Å². The Labute approximate surface area is 303 Å². The van der Waals surface area contributed by atoms with Crippen LogP contribution in [-0.2, 0) is 20.3 Å². The molecule has 0 aliphatic carbocycles. The summed E-state index contributed by atoms with van der Waals surface area (Å²) >= 11 is 0. The molecular weight excluding hydrogens is 640 g/mol. The van der Waals surface area contributed by atoms with E-state index in [0.717, 1.165) is 36.0 Å². The first-order valence-electron chi connectivity index (χ1n) is 18.2. The largest absolute Gasteiger partial charge is 0.491 e. The molecule has 2 aliphatic heterocycles. The molecule has 1 N–H and O–H groups in total. The van der Waals surface area contributed by atoms with Crippen LogP contribution in [0.3, 0.4) is 0 Å². The van der Waals surface area contributed by atoms with Crippen LogP contribution < -0.4 is 18.9 Å². The fourth-order valence-corrected chi connectivity index (χ4v) is 6.60. The van der Waals surface area contributed by atoms with Crippen molar-refractivity contribution in [1.82, 2.24) is 0 Å². The fourth-order valence-electron chi connectivity index (χ4n) is 6.60. The summed E-state index contributed by atoms with van der Waals surface area (Å²) in [6, 6.07) is 32.9. The monoisotopic (exact) mass is 694 g/mol. The average molecular weight is 695 g/mol. The summed E-state index contributed by atoms with van der Waals surface area (Å²) in [6.07, 6.45) is 0.667. The van der Waals surface area contributed by atoms with Crippen molar-refractivity contribution in [2.45, 2.75) is 109 Å². The molecule has 0 amide bonds. The summed E-state index contributed by atoms with van der Waals surface area (Å²) < 4.78 is 35.1. The highest BCUT2D eigenvalue weighted by Gasteiger charge is 2.44. The molecule has 0 radical (unpaired) electrons. The molecule has 2 aliphatic rings. The fraction of sp³-hybridized carbons (Fsp3) is 0.455. The Bertz CT molecular complexity index is 1720. The topological polar surface area (TPSA) is 82.2 Å². The lowest BCUT2D eigenvalue weighted by atomic mass is 9.78. The van der Waals surface area contributed by atoms with Crippen LogP contribution in [0.25, 0.3) is 0 Å². The smallest absolute Gasteiger partial charge is 0.223 e. The van der Waals surface area contributed by atoms with Gasteiger partial charge >= 0.3 is 0 Å². The molecule has 2 fully saturated rings. The SMILES string of the molecule is CCC(C)(Oc1ccc(C(C)(C)c2ccc(OCC(O)CC(C)(C)Oc3ccc(C(C)(C)c4ccc(OC5CO5)cc4)cc3)cc2)cc1)C1CO1. The number of aliphatic hydroxyl groups excluding tert-OH is 1. The summed E-state index contributed by atoms with van der Waals surface area (Å²) in [7, 11) is 0. The third kappa shape index (κ3) is 9.07. The van der Waals surface area contributed by atoms with Crippen molar-refractivity contribution < 1.29 is 33.5 Å². The number of ether oxygens (including phenoxy) is 6. The van der Waals surface area contributed by atoms with Gasteiger partial charge in [-0.05, 0) is 98.0 Å². The molecule has 0 saturated carbocycles. The molecule has 51 heavy (non-hydrogen) atoms. The Morgan fingerprint density at radius 2 is 1.02 bits per heavy atom. The number of hydrogen-bond acceptors (Lipinski definition) is 7. The zero-order valence-corrected chi connectivity index (χ0v) is 31.4. The first-order valence-corrected chi connectivity index (χ1v) is 18.2. The van der Waals surface area contributed by atoms with E-state index in [1.165, 1.54) is 22.3 Å². The van der Waals surface area contributed by atoms with Crippen LogP contribution >= 0.6 is 0 Å². The predicted molar refractivity (Wildman–Crippen MR) is 200 cm³/mol. The summed E-state index contributed by atoms with van der Waals surface area (Å²) in [5, 5.41) is 10.9. The Hall–Kier alpha value is -4.04. The van der Waals surface area contributed by atoms with Crippen molar-refractivity contribution in [1.29, 1.82) is 0 Å². The molecule has 0 spiro atoms. The molecule has 2 saturated heterocycles. The van der Waals surface area contributed by atoms with E-state index in [-0.39, 0.29) is 35.4 Å². The zero-order valence-electron chi connectivity index (χ0n) is 31.4. The molecule has 0 aromatic heterocycles. The third-order valence-corrected chi connectivity index (χ3v) is 10.5. The second-order valence-electron chi connectivity index (χ2n) is 15.8. The summed E-state index contributed by atoms with van der Waals surface area (Å²) in [4.78, 5) is 0. The summed E-state index contributed by atoms with van der Waals surface area (Å²) in [5.41, 5.74) is 3.42. The highest BCUT2D eigenvalue weighted by atomic mass is 16.8. The van der Waals surface area contributed by atoms with E-state index in [0.29, 0.717) is 13.0 Å². The van der Waals surface area contributed by atoms with E-state index in [9.17, 15) is 5.11 Å². The van der Waals surface area contributed by atoms with Gasteiger partial charge in [0, 0.05) is 17.3 Å². The van der Waals surface area contributed by atoms with Gasteiger partial charge in [-0.2, -0.15) is 0 Å². The van der Waals surface area contributed by atoms with Crippen LogP contribution in [0.5, 0.6) is 23.0 Å². The number of aliphatic hydroxyl groups is 1. The van der Waals surface area contributed by atoms with Crippen molar-refractivity contribution >= 4 is 0 Å². The Kier molecular flexibility index (Phi) is 10.5. The molecule has 2 heterocycles. The molecule has 4 atom stereocenters. The molecule has 7 heteroatoms. The number of rotatable bonds is 17. The molecular formula is C44H54O7. The molecule has 0 bridgehead atoms. The maximum absolute atomic E-state index is 10.9. The van der Waals surface area contributed by atoms with E-state index in [2.05, 4.69) is 102 Å². The standard InChI is InChI=1S/C44H54O7/c1-9-44(8,39-28-47-39)51-38-24-16-33(17-25-38)42(4,5)30-10-18-35(19-11-30)46-27-34(45)26-41(2,3)50-37-22-14-32(15-23-37)43(6,7)31-12-20-36(21-13-31)49-40-29-48-40/h10-25,34,39-40,45H,9,26-29H2,1-8H3. The van der Waals surface area contributed by atoms with Crippen LogP contribution in [-0.4, -0.2) is 54.6 Å². The molecule has 4 aromatic rings. The third-order valence-electron chi connectivity index (χ3n) is 10.5. The first-order chi connectivity index (χ1) is 24.2. The maximum Gasteiger partial charge on any atom is 0.223 e. The van der Waals surface area contributed by atoms with Gasteiger partial charge in [-0.3, -0.25) is 0 Å². The van der Waals surface area contributed by atoms with Crippen LogP contribution in [0.1, 0.15) is 90.5 Å². The minimum Gasteiger partial charge on any atom is -0.491 e. The Morgan fingerprint density at radius 3 is 1.43 bits per heavy atom. The number of hydrogen-bond donors (Lipinski definition) is 1. The highest BCUT2D eigenvalue weighted by Crippen LogP contribution is 2.37.